The zero-order chi connectivity index (χ0) is 8.27. The molecule has 1 heterocycles. The van der Waals surface area contributed by atoms with Gasteiger partial charge in [-0.05, 0) is 0 Å². The molecule has 0 spiro atoms. The average molecular weight is 272 g/mol. The molecular formula is C8H16FIN-. The van der Waals surface area contributed by atoms with Crippen molar-refractivity contribution in [3.05, 3.63) is 0 Å². The average Bonchev–Trinajstić information content (AvgIpc) is 1.98. The van der Waals surface area contributed by atoms with Crippen molar-refractivity contribution in [2.75, 3.05) is 17.5 Å². The van der Waals surface area contributed by atoms with Gasteiger partial charge in [0.1, 0.15) is 0 Å². The Morgan fingerprint density at radius 1 is 1.64 bits per heavy atom. The second-order valence-electron chi connectivity index (χ2n) is 3.04. The molecule has 1 fully saturated rings. The Morgan fingerprint density at radius 2 is 2.36 bits per heavy atom. The maximum atomic E-state index is 13.1. The molecule has 1 nitrogen and oxygen atoms in total. The summed E-state index contributed by atoms with van der Waals surface area (Å²) >= 11 is 0.154. The van der Waals surface area contributed by atoms with Crippen LogP contribution in [0.2, 0.25) is 0 Å². The van der Waals surface area contributed by atoms with Gasteiger partial charge < -0.3 is 0 Å². The van der Waals surface area contributed by atoms with Gasteiger partial charge in [0.25, 0.3) is 0 Å². The number of hydrogen-bond donors (Lipinski definition) is 0. The summed E-state index contributed by atoms with van der Waals surface area (Å²) in [6, 6.07) is 0. The predicted octanol–water partition coefficient (Wildman–Crippen LogP) is -1.31. The SMILES string of the molecule is CC[I-]N1CCC(C)C(F)C1. The molecule has 1 aliphatic heterocycles. The van der Waals surface area contributed by atoms with E-state index in [0.29, 0.717) is 12.5 Å². The van der Waals surface area contributed by atoms with Crippen molar-refractivity contribution in [1.82, 2.24) is 3.11 Å². The van der Waals surface area contributed by atoms with Crippen LogP contribution in [0.1, 0.15) is 20.3 Å². The van der Waals surface area contributed by atoms with E-state index in [0.717, 1.165) is 13.0 Å². The van der Waals surface area contributed by atoms with Gasteiger partial charge >= 0.3 is 78.9 Å². The molecule has 0 aromatic rings. The third kappa shape index (κ3) is 2.86. The fourth-order valence-corrected chi connectivity index (χ4v) is 3.50. The molecule has 11 heavy (non-hydrogen) atoms. The van der Waals surface area contributed by atoms with Crippen molar-refractivity contribution < 1.29 is 25.9 Å². The van der Waals surface area contributed by atoms with Gasteiger partial charge in [0.15, 0.2) is 0 Å². The number of piperidine rings is 1. The molecule has 0 N–H and O–H groups in total. The standard InChI is InChI=1S/C8H16FIN/c1-3-10-11-5-4-7(2)8(9)6-11/h7-8H,3-6H2,1-2H3/q-1. The molecule has 2 unspecified atom stereocenters. The van der Waals surface area contributed by atoms with Crippen LogP contribution in [-0.4, -0.2) is 26.8 Å². The van der Waals surface area contributed by atoms with Crippen molar-refractivity contribution >= 4 is 0 Å². The number of rotatable bonds is 2. The summed E-state index contributed by atoms with van der Waals surface area (Å²) < 4.78 is 16.7. The van der Waals surface area contributed by atoms with Gasteiger partial charge in [0, 0.05) is 0 Å². The van der Waals surface area contributed by atoms with Crippen molar-refractivity contribution in [3.8, 4) is 0 Å². The van der Waals surface area contributed by atoms with Gasteiger partial charge in [-0.3, -0.25) is 0 Å². The molecular weight excluding hydrogens is 256 g/mol. The van der Waals surface area contributed by atoms with Crippen molar-refractivity contribution in [2.45, 2.75) is 26.4 Å². The van der Waals surface area contributed by atoms with Crippen LogP contribution in [0.5, 0.6) is 0 Å². The van der Waals surface area contributed by atoms with E-state index in [1.807, 2.05) is 6.92 Å². The van der Waals surface area contributed by atoms with Gasteiger partial charge in [-0.1, -0.05) is 0 Å². The molecule has 0 radical (unpaired) electrons. The van der Waals surface area contributed by atoms with Gasteiger partial charge in [0.05, 0.1) is 0 Å². The summed E-state index contributed by atoms with van der Waals surface area (Å²) in [5.41, 5.74) is 0. The van der Waals surface area contributed by atoms with Gasteiger partial charge in [-0.25, -0.2) is 0 Å². The molecule has 1 rings (SSSR count). The fourth-order valence-electron chi connectivity index (χ4n) is 1.26. The Morgan fingerprint density at radius 3 is 2.91 bits per heavy atom. The predicted molar refractivity (Wildman–Crippen MR) is 40.8 cm³/mol. The molecule has 0 aromatic heterocycles. The van der Waals surface area contributed by atoms with E-state index in [2.05, 4.69) is 10.0 Å². The van der Waals surface area contributed by atoms with Gasteiger partial charge in [0.2, 0.25) is 0 Å². The van der Waals surface area contributed by atoms with Crippen molar-refractivity contribution in [2.24, 2.45) is 5.92 Å². The van der Waals surface area contributed by atoms with Gasteiger partial charge in [-0.15, -0.1) is 0 Å². The summed E-state index contributed by atoms with van der Waals surface area (Å²) in [6.45, 7) is 6.07. The Balaban J connectivity index is 2.28. The third-order valence-electron chi connectivity index (χ3n) is 2.11. The number of nitrogens with zero attached hydrogens (tertiary/aromatic N) is 1. The molecule has 3 heteroatoms. The number of halogens is 2. The van der Waals surface area contributed by atoms with E-state index in [-0.39, 0.29) is 21.5 Å². The summed E-state index contributed by atoms with van der Waals surface area (Å²) in [7, 11) is 0. The minimum absolute atomic E-state index is 0.154. The quantitative estimate of drug-likeness (QED) is 0.343. The van der Waals surface area contributed by atoms with Crippen LogP contribution < -0.4 is 21.5 Å². The summed E-state index contributed by atoms with van der Waals surface area (Å²) in [5, 5.41) is 0. The van der Waals surface area contributed by atoms with Gasteiger partial charge in [-0.2, -0.15) is 0 Å². The zero-order valence-electron chi connectivity index (χ0n) is 7.19. The maximum absolute atomic E-state index is 13.1. The summed E-state index contributed by atoms with van der Waals surface area (Å²) in [4.78, 5) is 0. The number of alkyl halides is 2. The van der Waals surface area contributed by atoms with Crippen LogP contribution in [0, 0.1) is 5.92 Å². The molecule has 2 atom stereocenters. The Bertz CT molecular complexity index is 121. The normalized spacial score (nSPS) is 34.5. The van der Waals surface area contributed by atoms with E-state index in [1.54, 1.807) is 0 Å². The molecule has 68 valence electrons. The second-order valence-corrected chi connectivity index (χ2v) is 6.61. The topological polar surface area (TPSA) is 3.24 Å². The van der Waals surface area contributed by atoms with Crippen LogP contribution >= 0.6 is 0 Å². The van der Waals surface area contributed by atoms with E-state index in [4.69, 9.17) is 0 Å². The first-order valence-electron chi connectivity index (χ1n) is 4.22. The van der Waals surface area contributed by atoms with E-state index in [1.165, 1.54) is 4.43 Å². The molecule has 0 saturated carbocycles. The van der Waals surface area contributed by atoms with Crippen molar-refractivity contribution in [3.63, 3.8) is 0 Å². The Hall–Kier alpha value is 0.620. The van der Waals surface area contributed by atoms with Crippen LogP contribution in [-0.2, 0) is 0 Å². The summed E-state index contributed by atoms with van der Waals surface area (Å²) in [6.07, 6.45) is 0.496. The van der Waals surface area contributed by atoms with E-state index >= 15 is 0 Å². The molecule has 1 aliphatic rings. The first kappa shape index (κ1) is 9.71. The fraction of sp³-hybridized carbons (Fsp3) is 1.00. The van der Waals surface area contributed by atoms with E-state index < -0.39 is 6.17 Å². The monoisotopic (exact) mass is 272 g/mol. The van der Waals surface area contributed by atoms with Crippen LogP contribution in [0.25, 0.3) is 0 Å². The van der Waals surface area contributed by atoms with Crippen LogP contribution in [0.3, 0.4) is 0 Å². The molecule has 1 saturated heterocycles. The van der Waals surface area contributed by atoms with Crippen molar-refractivity contribution in [1.29, 1.82) is 0 Å². The minimum atomic E-state index is -0.560. The number of hydrogen-bond acceptors (Lipinski definition) is 1. The molecule has 0 amide bonds. The van der Waals surface area contributed by atoms with Crippen LogP contribution in [0.15, 0.2) is 0 Å². The first-order chi connectivity index (χ1) is 5.24. The molecule has 0 bridgehead atoms. The second kappa shape index (κ2) is 4.60. The molecule has 0 aliphatic carbocycles. The third-order valence-corrected chi connectivity index (χ3v) is 4.63. The van der Waals surface area contributed by atoms with Crippen LogP contribution in [0.4, 0.5) is 4.39 Å². The summed E-state index contributed by atoms with van der Waals surface area (Å²) in [5.74, 6) is 0.298. The zero-order valence-corrected chi connectivity index (χ0v) is 9.34. The first-order valence-corrected chi connectivity index (χ1v) is 6.71. The Labute approximate surface area is 79.0 Å². The van der Waals surface area contributed by atoms with E-state index in [9.17, 15) is 4.39 Å². The molecule has 0 aromatic carbocycles. The Kier molecular flexibility index (Phi) is 4.06.